The lowest BCUT2D eigenvalue weighted by Gasteiger charge is -2.29. The van der Waals surface area contributed by atoms with Crippen LogP contribution in [0, 0.1) is 10.1 Å². The van der Waals surface area contributed by atoms with E-state index in [2.05, 4.69) is 0 Å². The summed E-state index contributed by atoms with van der Waals surface area (Å²) in [6.07, 6.45) is 2.36. The number of benzene rings is 2. The Hall–Kier alpha value is -3.75. The van der Waals surface area contributed by atoms with Crippen LogP contribution < -0.4 is 18.9 Å². The van der Waals surface area contributed by atoms with Crippen LogP contribution >= 0.6 is 0 Å². The summed E-state index contributed by atoms with van der Waals surface area (Å²) < 4.78 is 21.9. The molecule has 0 saturated carbocycles. The molecule has 0 bridgehead atoms. The van der Waals surface area contributed by atoms with E-state index in [0.717, 1.165) is 0 Å². The van der Waals surface area contributed by atoms with Crippen molar-refractivity contribution in [2.75, 3.05) is 27.0 Å². The zero-order valence-corrected chi connectivity index (χ0v) is 15.6. The Bertz CT molecular complexity index is 989. The number of nitro groups is 1. The fourth-order valence-electron chi connectivity index (χ4n) is 3.08. The van der Waals surface area contributed by atoms with Crippen molar-refractivity contribution < 1.29 is 28.7 Å². The van der Waals surface area contributed by atoms with E-state index in [4.69, 9.17) is 18.9 Å². The molecule has 1 amide bonds. The summed E-state index contributed by atoms with van der Waals surface area (Å²) in [5, 5.41) is 11.3. The Kier molecular flexibility index (Phi) is 4.94. The average Bonchev–Trinajstić information content (AvgIpc) is 3.18. The molecule has 1 unspecified atom stereocenters. The molecule has 4 rings (SSSR count). The number of rotatable bonds is 5. The van der Waals surface area contributed by atoms with Crippen LogP contribution in [0.25, 0.3) is 6.08 Å². The first-order valence-corrected chi connectivity index (χ1v) is 8.91. The van der Waals surface area contributed by atoms with Crippen LogP contribution in [0.1, 0.15) is 5.56 Å². The van der Waals surface area contributed by atoms with Gasteiger partial charge in [-0.15, -0.1) is 0 Å². The second-order valence-electron chi connectivity index (χ2n) is 6.57. The van der Waals surface area contributed by atoms with Crippen molar-refractivity contribution in [2.45, 2.75) is 6.10 Å². The topological polar surface area (TPSA) is 100 Å². The van der Waals surface area contributed by atoms with Crippen LogP contribution in [0.15, 0.2) is 42.5 Å². The molecule has 0 aromatic heterocycles. The predicted octanol–water partition coefficient (Wildman–Crippen LogP) is 2.64. The van der Waals surface area contributed by atoms with Gasteiger partial charge in [-0.1, -0.05) is 12.1 Å². The van der Waals surface area contributed by atoms with Crippen LogP contribution in [0.5, 0.6) is 23.0 Å². The van der Waals surface area contributed by atoms with E-state index in [9.17, 15) is 14.9 Å². The molecular weight excluding hydrogens is 380 g/mol. The van der Waals surface area contributed by atoms with Gasteiger partial charge in [-0.05, 0) is 24.3 Å². The highest BCUT2D eigenvalue weighted by molar-refractivity contribution is 5.92. The molecule has 150 valence electrons. The molecule has 1 atom stereocenters. The summed E-state index contributed by atoms with van der Waals surface area (Å²) in [5.74, 6) is 1.71. The molecule has 2 heterocycles. The maximum Gasteiger partial charge on any atom is 0.280 e. The van der Waals surface area contributed by atoms with Gasteiger partial charge in [0.2, 0.25) is 12.7 Å². The van der Waals surface area contributed by atoms with Crippen molar-refractivity contribution in [3.05, 3.63) is 58.2 Å². The van der Waals surface area contributed by atoms with E-state index in [1.54, 1.807) is 7.05 Å². The number of likely N-dealkylation sites (N-methyl/N-ethyl adjacent to an activating group) is 1. The van der Waals surface area contributed by atoms with Gasteiger partial charge in [0.1, 0.15) is 6.61 Å². The quantitative estimate of drug-likeness (QED) is 0.434. The fraction of sp³-hybridized carbons (Fsp3) is 0.250. The van der Waals surface area contributed by atoms with Crippen molar-refractivity contribution in [3.63, 3.8) is 0 Å². The lowest BCUT2D eigenvalue weighted by Crippen LogP contribution is -2.41. The first kappa shape index (κ1) is 18.6. The van der Waals surface area contributed by atoms with Gasteiger partial charge in [0.15, 0.2) is 29.1 Å². The number of fused-ring (bicyclic) bond motifs is 2. The van der Waals surface area contributed by atoms with Crippen molar-refractivity contribution in [1.82, 2.24) is 4.90 Å². The summed E-state index contributed by atoms with van der Waals surface area (Å²) in [5.41, 5.74) is 0.0914. The minimum Gasteiger partial charge on any atom is -0.486 e. The van der Waals surface area contributed by atoms with Crippen molar-refractivity contribution >= 4 is 17.7 Å². The Labute approximate surface area is 166 Å². The molecule has 9 heteroatoms. The lowest BCUT2D eigenvalue weighted by atomic mass is 10.1. The number of hydrogen-bond donors (Lipinski definition) is 0. The Balaban J connectivity index is 1.43. The standard InChI is InChI=1S/C20H18N2O7/c1-21(10-14-11-26-16-4-2-3-5-17(16)29-14)20(23)7-6-13-8-18-19(28-12-27-18)9-15(13)22(24)25/h2-9,14H,10-12H2,1H3. The number of nitro benzene ring substituents is 1. The minimum absolute atomic E-state index is 0.00785. The number of para-hydroxylation sites is 2. The third-order valence-corrected chi connectivity index (χ3v) is 4.55. The maximum absolute atomic E-state index is 12.5. The van der Waals surface area contributed by atoms with Gasteiger partial charge in [0, 0.05) is 13.1 Å². The zero-order chi connectivity index (χ0) is 20.4. The van der Waals surface area contributed by atoms with E-state index in [1.165, 1.54) is 29.2 Å². The normalized spacial score (nSPS) is 16.7. The second-order valence-corrected chi connectivity index (χ2v) is 6.57. The number of hydrogen-bond acceptors (Lipinski definition) is 7. The highest BCUT2D eigenvalue weighted by Gasteiger charge is 2.24. The van der Waals surface area contributed by atoms with Gasteiger partial charge in [-0.2, -0.15) is 0 Å². The van der Waals surface area contributed by atoms with Gasteiger partial charge < -0.3 is 23.8 Å². The summed E-state index contributed by atoms with van der Waals surface area (Å²) in [4.78, 5) is 24.7. The average molecular weight is 398 g/mol. The highest BCUT2D eigenvalue weighted by Crippen LogP contribution is 2.38. The van der Waals surface area contributed by atoms with Crippen LogP contribution in [0.4, 0.5) is 5.69 Å². The molecular formula is C20H18N2O7. The monoisotopic (exact) mass is 398 g/mol. The van der Waals surface area contributed by atoms with Crippen LogP contribution in [0.2, 0.25) is 0 Å². The van der Waals surface area contributed by atoms with Crippen molar-refractivity contribution in [1.29, 1.82) is 0 Å². The number of ether oxygens (including phenoxy) is 4. The molecule has 0 N–H and O–H groups in total. The molecule has 2 aromatic carbocycles. The van der Waals surface area contributed by atoms with Crippen molar-refractivity contribution in [3.8, 4) is 23.0 Å². The number of nitrogens with zero attached hydrogens (tertiary/aromatic N) is 2. The molecule has 2 aromatic rings. The number of carbonyl (C=O) groups is 1. The van der Waals surface area contributed by atoms with Crippen LogP contribution in [0.3, 0.4) is 0 Å². The van der Waals surface area contributed by atoms with Gasteiger partial charge in [-0.25, -0.2) is 0 Å². The third kappa shape index (κ3) is 3.93. The predicted molar refractivity (Wildman–Crippen MR) is 102 cm³/mol. The summed E-state index contributed by atoms with van der Waals surface area (Å²) in [6.45, 7) is 0.640. The Morgan fingerprint density at radius 2 is 1.90 bits per heavy atom. The van der Waals surface area contributed by atoms with Gasteiger partial charge in [0.25, 0.3) is 5.69 Å². The summed E-state index contributed by atoms with van der Waals surface area (Å²) in [6, 6.07) is 10.1. The van der Waals surface area contributed by atoms with Gasteiger partial charge >= 0.3 is 0 Å². The first-order chi connectivity index (χ1) is 14.0. The lowest BCUT2D eigenvalue weighted by molar-refractivity contribution is -0.385. The molecule has 0 radical (unpaired) electrons. The first-order valence-electron chi connectivity index (χ1n) is 8.91. The maximum atomic E-state index is 12.5. The number of amides is 1. The minimum atomic E-state index is -0.527. The van der Waals surface area contributed by atoms with Gasteiger partial charge in [0.05, 0.1) is 23.1 Å². The van der Waals surface area contributed by atoms with E-state index in [1.807, 2.05) is 24.3 Å². The molecule has 0 aliphatic carbocycles. The van der Waals surface area contributed by atoms with E-state index in [0.29, 0.717) is 36.1 Å². The van der Waals surface area contributed by atoms with E-state index in [-0.39, 0.29) is 30.1 Å². The molecule has 29 heavy (non-hydrogen) atoms. The molecule has 9 nitrogen and oxygen atoms in total. The Morgan fingerprint density at radius 3 is 2.66 bits per heavy atom. The van der Waals surface area contributed by atoms with Crippen molar-refractivity contribution in [2.24, 2.45) is 0 Å². The van der Waals surface area contributed by atoms with Crippen LogP contribution in [-0.2, 0) is 4.79 Å². The fourth-order valence-corrected chi connectivity index (χ4v) is 3.08. The summed E-state index contributed by atoms with van der Waals surface area (Å²) in [7, 11) is 1.63. The largest absolute Gasteiger partial charge is 0.486 e. The molecule has 0 saturated heterocycles. The molecule has 2 aliphatic heterocycles. The molecule has 2 aliphatic rings. The van der Waals surface area contributed by atoms with Gasteiger partial charge in [-0.3, -0.25) is 14.9 Å². The molecule has 0 spiro atoms. The Morgan fingerprint density at radius 1 is 1.17 bits per heavy atom. The number of carbonyl (C=O) groups excluding carboxylic acids is 1. The third-order valence-electron chi connectivity index (χ3n) is 4.55. The smallest absolute Gasteiger partial charge is 0.280 e. The van der Waals surface area contributed by atoms with E-state index >= 15 is 0 Å². The second kappa shape index (κ2) is 7.70. The zero-order valence-electron chi connectivity index (χ0n) is 15.6. The highest BCUT2D eigenvalue weighted by atomic mass is 16.7. The SMILES string of the molecule is CN(CC1COc2ccccc2O1)C(=O)C=Cc1cc2c(cc1[N+](=O)[O-])OCO2. The van der Waals surface area contributed by atoms with Crippen LogP contribution in [-0.4, -0.2) is 48.8 Å². The van der Waals surface area contributed by atoms with E-state index < -0.39 is 4.92 Å². The summed E-state index contributed by atoms with van der Waals surface area (Å²) >= 11 is 0. The molecule has 0 fully saturated rings.